The smallest absolute Gasteiger partial charge is 0.318 e. The van der Waals surface area contributed by atoms with Crippen LogP contribution < -0.4 is 0 Å². The van der Waals surface area contributed by atoms with Gasteiger partial charge in [0, 0.05) is 29.3 Å². The average Bonchev–Trinajstić information content (AvgIpc) is 1.60. The normalized spacial score (nSPS) is 9.82. The van der Waals surface area contributed by atoms with Crippen LogP contribution in [0.2, 0.25) is 0 Å². The molecule has 0 N–H and O–H groups in total. The number of esters is 2. The Morgan fingerprint density at radius 2 is 1.55 bits per heavy atom. The summed E-state index contributed by atoms with van der Waals surface area (Å²) in [5.74, 6) is -1.04. The Balaban J connectivity index is 0. The first-order valence-electron chi connectivity index (χ1n) is 3.07. The van der Waals surface area contributed by atoms with Gasteiger partial charge >= 0.3 is 11.9 Å². The number of hydrogen-bond donors (Lipinski definition) is 0. The number of carbonyl (C=O) groups excluding carboxylic acids is 2. The van der Waals surface area contributed by atoms with E-state index in [0.717, 1.165) is 0 Å². The van der Waals surface area contributed by atoms with E-state index < -0.39 is 17.4 Å². The van der Waals surface area contributed by atoms with Crippen molar-refractivity contribution < 1.29 is 36.7 Å². The van der Waals surface area contributed by atoms with Crippen LogP contribution in [0.5, 0.6) is 0 Å². The number of ether oxygens (including phenoxy) is 1. The molecule has 0 unspecified atom stereocenters. The third kappa shape index (κ3) is 6.29. The molecule has 0 aromatic rings. The van der Waals surface area contributed by atoms with Crippen LogP contribution in [0.3, 0.4) is 0 Å². The molecule has 0 aliphatic carbocycles. The summed E-state index contributed by atoms with van der Waals surface area (Å²) in [6.07, 6.45) is 0. The molecule has 0 saturated heterocycles. The van der Waals surface area contributed by atoms with Crippen LogP contribution in [0.4, 0.5) is 0 Å². The van der Waals surface area contributed by atoms with Crippen molar-refractivity contribution in [3.63, 3.8) is 0 Å². The Labute approximate surface area is 82.0 Å². The van der Waals surface area contributed by atoms with E-state index in [9.17, 15) is 9.59 Å². The van der Waals surface area contributed by atoms with Crippen LogP contribution in [0.25, 0.3) is 0 Å². The van der Waals surface area contributed by atoms with Gasteiger partial charge in [-0.25, -0.2) is 0 Å². The summed E-state index contributed by atoms with van der Waals surface area (Å²) in [6.45, 7) is 6.29. The Kier molecular flexibility index (Phi) is 5.75. The third-order valence-electron chi connectivity index (χ3n) is 0.849. The number of rotatable bonds is 0. The Morgan fingerprint density at radius 1 is 1.18 bits per heavy atom. The van der Waals surface area contributed by atoms with E-state index in [-0.39, 0.29) is 22.4 Å². The second kappa shape index (κ2) is 4.70. The van der Waals surface area contributed by atoms with Gasteiger partial charge in [-0.05, 0) is 20.8 Å². The second-order valence-corrected chi connectivity index (χ2v) is 3.13. The second-order valence-electron chi connectivity index (χ2n) is 3.13. The minimum Gasteiger partial charge on any atom is -0.393 e. The first-order valence-corrected chi connectivity index (χ1v) is 3.07. The van der Waals surface area contributed by atoms with Gasteiger partial charge in [-0.15, -0.1) is 0 Å². The number of carbonyl (C=O) groups is 2. The van der Waals surface area contributed by atoms with E-state index in [0.29, 0.717) is 0 Å². The van der Waals surface area contributed by atoms with Crippen LogP contribution >= 0.6 is 0 Å². The average molecular weight is 252 g/mol. The molecule has 0 aromatic carbocycles. The first kappa shape index (κ1) is 13.5. The maximum absolute atomic E-state index is 10.8. The SMILES string of the molecule is CC(=O)OC(=O)C(C)(C)C.[Ag]. The van der Waals surface area contributed by atoms with E-state index in [2.05, 4.69) is 4.74 Å². The van der Waals surface area contributed by atoms with E-state index in [1.807, 2.05) is 0 Å². The summed E-state index contributed by atoms with van der Waals surface area (Å²) in [6, 6.07) is 0. The van der Waals surface area contributed by atoms with Crippen molar-refractivity contribution in [2.75, 3.05) is 0 Å². The van der Waals surface area contributed by atoms with Gasteiger partial charge in [0.15, 0.2) is 0 Å². The fraction of sp³-hybridized carbons (Fsp3) is 0.714. The van der Waals surface area contributed by atoms with E-state index in [4.69, 9.17) is 0 Å². The molecule has 0 aliphatic rings. The molecule has 0 atom stereocenters. The molecule has 0 amide bonds. The largest absolute Gasteiger partial charge is 0.393 e. The van der Waals surface area contributed by atoms with Crippen LogP contribution in [0, 0.1) is 5.41 Å². The Hall–Kier alpha value is -0.120. The summed E-state index contributed by atoms with van der Waals surface area (Å²) in [5, 5.41) is 0. The van der Waals surface area contributed by atoms with Crippen LogP contribution in [0.1, 0.15) is 27.7 Å². The maximum atomic E-state index is 10.8. The predicted molar refractivity (Wildman–Crippen MR) is 36.2 cm³/mol. The van der Waals surface area contributed by atoms with E-state index >= 15 is 0 Å². The van der Waals surface area contributed by atoms with Gasteiger partial charge in [-0.3, -0.25) is 9.59 Å². The molecule has 69 valence electrons. The molecule has 3 nitrogen and oxygen atoms in total. The van der Waals surface area contributed by atoms with Gasteiger partial charge in [0.05, 0.1) is 5.41 Å². The van der Waals surface area contributed by atoms with Crippen molar-refractivity contribution in [3.8, 4) is 0 Å². The molecule has 0 heterocycles. The molecule has 0 aromatic heterocycles. The first-order chi connectivity index (χ1) is 4.34. The summed E-state index contributed by atoms with van der Waals surface area (Å²) in [7, 11) is 0. The van der Waals surface area contributed by atoms with Gasteiger partial charge in [0.25, 0.3) is 0 Å². The molecule has 0 bridgehead atoms. The van der Waals surface area contributed by atoms with Crippen LogP contribution in [-0.2, 0) is 36.7 Å². The van der Waals surface area contributed by atoms with Crippen molar-refractivity contribution in [1.29, 1.82) is 0 Å². The Bertz CT molecular complexity index is 158. The van der Waals surface area contributed by atoms with Crippen molar-refractivity contribution in [1.82, 2.24) is 0 Å². The van der Waals surface area contributed by atoms with E-state index in [1.54, 1.807) is 20.8 Å². The molecule has 0 rings (SSSR count). The third-order valence-corrected chi connectivity index (χ3v) is 0.849. The van der Waals surface area contributed by atoms with Crippen molar-refractivity contribution in [2.45, 2.75) is 27.7 Å². The summed E-state index contributed by atoms with van der Waals surface area (Å²) in [4.78, 5) is 21.1. The van der Waals surface area contributed by atoms with Crippen molar-refractivity contribution in [3.05, 3.63) is 0 Å². The van der Waals surface area contributed by atoms with Crippen LogP contribution in [-0.4, -0.2) is 11.9 Å². The van der Waals surface area contributed by atoms with E-state index in [1.165, 1.54) is 6.92 Å². The molecular formula is C7H12AgO3. The summed E-state index contributed by atoms with van der Waals surface area (Å²) < 4.78 is 4.34. The molecule has 11 heavy (non-hydrogen) atoms. The minimum absolute atomic E-state index is 0. The summed E-state index contributed by atoms with van der Waals surface area (Å²) in [5.41, 5.74) is -0.592. The standard InChI is InChI=1S/C7H12O3.Ag/c1-5(8)10-6(9)7(2,3)4;/h1-4H3;. The molecule has 0 saturated carbocycles. The van der Waals surface area contributed by atoms with Crippen LogP contribution in [0.15, 0.2) is 0 Å². The minimum atomic E-state index is -0.592. The molecule has 0 aliphatic heterocycles. The van der Waals surface area contributed by atoms with Gasteiger partial charge in [-0.2, -0.15) is 0 Å². The molecular weight excluding hydrogens is 240 g/mol. The summed E-state index contributed by atoms with van der Waals surface area (Å²) >= 11 is 0. The van der Waals surface area contributed by atoms with Gasteiger partial charge < -0.3 is 4.74 Å². The van der Waals surface area contributed by atoms with Gasteiger partial charge in [-0.1, -0.05) is 0 Å². The zero-order valence-corrected chi connectivity index (χ0v) is 8.51. The molecule has 1 radical (unpaired) electrons. The predicted octanol–water partition coefficient (Wildman–Crippen LogP) is 1.12. The topological polar surface area (TPSA) is 43.4 Å². The van der Waals surface area contributed by atoms with Crippen molar-refractivity contribution in [2.24, 2.45) is 5.41 Å². The van der Waals surface area contributed by atoms with Gasteiger partial charge in [0.1, 0.15) is 0 Å². The fourth-order valence-corrected chi connectivity index (χ4v) is 0.284. The Morgan fingerprint density at radius 3 is 1.64 bits per heavy atom. The molecule has 0 spiro atoms. The van der Waals surface area contributed by atoms with Gasteiger partial charge in [0.2, 0.25) is 0 Å². The zero-order chi connectivity index (χ0) is 8.36. The molecule has 0 fully saturated rings. The quantitative estimate of drug-likeness (QED) is 0.368. The monoisotopic (exact) mass is 251 g/mol. The molecule has 4 heteroatoms. The van der Waals surface area contributed by atoms with Crippen molar-refractivity contribution >= 4 is 11.9 Å². The maximum Gasteiger partial charge on any atom is 0.318 e. The number of hydrogen-bond acceptors (Lipinski definition) is 3. The fourth-order valence-electron chi connectivity index (χ4n) is 0.284. The zero-order valence-electron chi connectivity index (χ0n) is 7.03.